The van der Waals surface area contributed by atoms with Gasteiger partial charge in [-0.05, 0) is 43.5 Å². The second kappa shape index (κ2) is 6.19. The molecule has 1 aromatic rings. The van der Waals surface area contributed by atoms with Crippen LogP contribution in [-0.4, -0.2) is 18.8 Å². The number of halogens is 2. The molecule has 1 saturated carbocycles. The Hall–Kier alpha value is -0.0900. The van der Waals surface area contributed by atoms with Crippen LogP contribution in [-0.2, 0) is 11.3 Å². The van der Waals surface area contributed by atoms with Gasteiger partial charge in [-0.1, -0.05) is 27.5 Å². The van der Waals surface area contributed by atoms with E-state index in [9.17, 15) is 0 Å². The van der Waals surface area contributed by atoms with Crippen molar-refractivity contribution in [2.24, 2.45) is 0 Å². The van der Waals surface area contributed by atoms with E-state index in [0.29, 0.717) is 12.1 Å². The van der Waals surface area contributed by atoms with Crippen molar-refractivity contribution in [3.05, 3.63) is 33.3 Å². The Bertz CT molecular complexity index is 380. The van der Waals surface area contributed by atoms with Crippen molar-refractivity contribution < 1.29 is 4.74 Å². The van der Waals surface area contributed by atoms with Crippen LogP contribution in [0.5, 0.6) is 0 Å². The van der Waals surface area contributed by atoms with Crippen molar-refractivity contribution in [3.63, 3.8) is 0 Å². The van der Waals surface area contributed by atoms with Crippen molar-refractivity contribution >= 4 is 27.5 Å². The second-order valence-corrected chi connectivity index (χ2v) is 5.69. The number of benzene rings is 1. The topological polar surface area (TPSA) is 21.3 Å². The van der Waals surface area contributed by atoms with E-state index in [-0.39, 0.29) is 0 Å². The summed E-state index contributed by atoms with van der Waals surface area (Å²) in [5.41, 5.74) is 1.14. The molecule has 0 saturated heterocycles. The van der Waals surface area contributed by atoms with Gasteiger partial charge in [0.25, 0.3) is 0 Å². The minimum Gasteiger partial charge on any atom is -0.378 e. The molecule has 0 bridgehead atoms. The van der Waals surface area contributed by atoms with E-state index in [0.717, 1.165) is 41.1 Å². The zero-order chi connectivity index (χ0) is 12.3. The molecule has 1 aliphatic carbocycles. The molecular formula is C13H17BrClNO. The number of rotatable bonds is 5. The van der Waals surface area contributed by atoms with Gasteiger partial charge in [0.1, 0.15) is 0 Å². The Balaban J connectivity index is 1.77. The van der Waals surface area contributed by atoms with Crippen LogP contribution in [0.25, 0.3) is 0 Å². The minimum atomic E-state index is 0.454. The third-order valence-electron chi connectivity index (χ3n) is 3.09. The molecule has 0 spiro atoms. The van der Waals surface area contributed by atoms with E-state index < -0.39 is 0 Å². The number of hydrogen-bond donors (Lipinski definition) is 1. The van der Waals surface area contributed by atoms with Crippen LogP contribution in [0, 0.1) is 0 Å². The molecule has 1 aromatic carbocycles. The van der Waals surface area contributed by atoms with Gasteiger partial charge in [0.2, 0.25) is 0 Å². The lowest BCUT2D eigenvalue weighted by atomic mass is 9.89. The predicted octanol–water partition coefficient (Wildman–Crippen LogP) is 3.76. The van der Waals surface area contributed by atoms with E-state index in [1.807, 2.05) is 19.1 Å². The summed E-state index contributed by atoms with van der Waals surface area (Å²) in [5, 5.41) is 4.33. The zero-order valence-corrected chi connectivity index (χ0v) is 12.2. The smallest absolute Gasteiger partial charge is 0.0604 e. The molecule has 0 amide bonds. The van der Waals surface area contributed by atoms with Gasteiger partial charge in [-0.25, -0.2) is 0 Å². The van der Waals surface area contributed by atoms with Crippen LogP contribution in [0.1, 0.15) is 25.3 Å². The van der Waals surface area contributed by atoms with Gasteiger partial charge < -0.3 is 10.1 Å². The van der Waals surface area contributed by atoms with E-state index in [1.165, 1.54) is 0 Å². The fourth-order valence-corrected chi connectivity index (χ4v) is 2.63. The highest BCUT2D eigenvalue weighted by Gasteiger charge is 2.28. The molecule has 2 rings (SSSR count). The second-order valence-electron chi connectivity index (χ2n) is 4.36. The van der Waals surface area contributed by atoms with Crippen molar-refractivity contribution in [3.8, 4) is 0 Å². The predicted molar refractivity (Wildman–Crippen MR) is 74.4 cm³/mol. The third-order valence-corrected chi connectivity index (χ3v) is 3.95. The summed E-state index contributed by atoms with van der Waals surface area (Å²) in [6.07, 6.45) is 2.68. The van der Waals surface area contributed by atoms with Crippen LogP contribution in [0.3, 0.4) is 0 Å². The zero-order valence-electron chi connectivity index (χ0n) is 9.88. The first-order valence-corrected chi connectivity index (χ1v) is 7.15. The molecule has 0 atom stereocenters. The lowest BCUT2D eigenvalue weighted by Gasteiger charge is -2.35. The molecular weight excluding hydrogens is 302 g/mol. The molecule has 1 aliphatic rings. The molecule has 0 unspecified atom stereocenters. The van der Waals surface area contributed by atoms with Gasteiger partial charge >= 0.3 is 0 Å². The maximum absolute atomic E-state index is 6.13. The highest BCUT2D eigenvalue weighted by Crippen LogP contribution is 2.25. The van der Waals surface area contributed by atoms with Crippen LogP contribution < -0.4 is 5.32 Å². The molecule has 0 radical (unpaired) electrons. The van der Waals surface area contributed by atoms with E-state index in [1.54, 1.807) is 0 Å². The fourth-order valence-electron chi connectivity index (χ4n) is 2.04. The summed E-state index contributed by atoms with van der Waals surface area (Å²) in [4.78, 5) is 0. The van der Waals surface area contributed by atoms with Gasteiger partial charge in [-0.2, -0.15) is 0 Å². The molecule has 1 N–H and O–H groups in total. The van der Waals surface area contributed by atoms with Crippen LogP contribution in [0.15, 0.2) is 22.7 Å². The summed E-state index contributed by atoms with van der Waals surface area (Å²) >= 11 is 9.59. The average Bonchev–Trinajstić information content (AvgIpc) is 2.26. The van der Waals surface area contributed by atoms with Gasteiger partial charge in [-0.3, -0.25) is 0 Å². The van der Waals surface area contributed by atoms with Crippen LogP contribution in [0.4, 0.5) is 0 Å². The van der Waals surface area contributed by atoms with Crippen molar-refractivity contribution in [2.45, 2.75) is 38.5 Å². The van der Waals surface area contributed by atoms with E-state index in [2.05, 4.69) is 27.3 Å². The Morgan fingerprint density at radius 3 is 2.94 bits per heavy atom. The largest absolute Gasteiger partial charge is 0.378 e. The third kappa shape index (κ3) is 3.68. The van der Waals surface area contributed by atoms with Gasteiger partial charge in [0, 0.05) is 28.7 Å². The Morgan fingerprint density at radius 1 is 1.47 bits per heavy atom. The number of ether oxygens (including phenoxy) is 1. The maximum Gasteiger partial charge on any atom is 0.0604 e. The van der Waals surface area contributed by atoms with E-state index in [4.69, 9.17) is 16.3 Å². The summed E-state index contributed by atoms with van der Waals surface area (Å²) in [7, 11) is 0. The van der Waals surface area contributed by atoms with Crippen molar-refractivity contribution in [1.82, 2.24) is 5.32 Å². The highest BCUT2D eigenvalue weighted by molar-refractivity contribution is 9.10. The summed E-state index contributed by atoms with van der Waals surface area (Å²) in [6, 6.07) is 6.52. The maximum atomic E-state index is 6.13. The first-order valence-electron chi connectivity index (χ1n) is 5.98. The van der Waals surface area contributed by atoms with Crippen molar-refractivity contribution in [2.75, 3.05) is 6.61 Å². The quantitative estimate of drug-likeness (QED) is 0.892. The monoisotopic (exact) mass is 317 g/mol. The molecule has 0 aromatic heterocycles. The van der Waals surface area contributed by atoms with Crippen molar-refractivity contribution in [1.29, 1.82) is 0 Å². The Labute approximate surface area is 116 Å². The fraction of sp³-hybridized carbons (Fsp3) is 0.538. The standard InChI is InChI=1S/C13H17BrClNO/c1-2-17-12-6-11(7-12)16-8-9-5-10(14)3-4-13(9)15/h3-5,11-12,16H,2,6-8H2,1H3. The summed E-state index contributed by atoms with van der Waals surface area (Å²) in [6.45, 7) is 3.68. The molecule has 17 heavy (non-hydrogen) atoms. The first-order chi connectivity index (χ1) is 8.19. The molecule has 1 fully saturated rings. The lowest BCUT2D eigenvalue weighted by Crippen LogP contribution is -2.45. The van der Waals surface area contributed by atoms with E-state index >= 15 is 0 Å². The molecule has 94 valence electrons. The number of nitrogens with one attached hydrogen (secondary N) is 1. The van der Waals surface area contributed by atoms with Gasteiger partial charge in [0.05, 0.1) is 6.10 Å². The average molecular weight is 319 g/mol. The molecule has 2 nitrogen and oxygen atoms in total. The van der Waals surface area contributed by atoms with Crippen LogP contribution in [0.2, 0.25) is 5.02 Å². The van der Waals surface area contributed by atoms with Gasteiger partial charge in [0.15, 0.2) is 0 Å². The van der Waals surface area contributed by atoms with Crippen LogP contribution >= 0.6 is 27.5 Å². The summed E-state index contributed by atoms with van der Waals surface area (Å²) < 4.78 is 6.60. The Kier molecular flexibility index (Phi) is 4.86. The SMILES string of the molecule is CCOC1CC(NCc2cc(Br)ccc2Cl)C1. The minimum absolute atomic E-state index is 0.454. The summed E-state index contributed by atoms with van der Waals surface area (Å²) in [5.74, 6) is 0. The molecule has 0 heterocycles. The first kappa shape index (κ1) is 13.3. The normalized spacial score (nSPS) is 23.5. The lowest BCUT2D eigenvalue weighted by molar-refractivity contribution is -0.0102. The van der Waals surface area contributed by atoms with Gasteiger partial charge in [-0.15, -0.1) is 0 Å². The molecule has 0 aliphatic heterocycles. The highest BCUT2D eigenvalue weighted by atomic mass is 79.9. The number of hydrogen-bond acceptors (Lipinski definition) is 2. The molecule has 4 heteroatoms. The Morgan fingerprint density at radius 2 is 2.24 bits per heavy atom.